The number of hydrogen-bond donors (Lipinski definition) is 1. The largest absolute Gasteiger partial charge is 0.444 e. The van der Waals surface area contributed by atoms with Crippen LogP contribution in [-0.4, -0.2) is 55.7 Å². The molecule has 2 amide bonds. The SMILES string of the molecule is CN(C)c1cccc(-c2cccc(C3CCN(C(=O)CC(Cc4ccc(Br)cc4)NC(=O)OC(C)(C)C)CC3)c2)c1. The summed E-state index contributed by atoms with van der Waals surface area (Å²) >= 11 is 3.47. The van der Waals surface area contributed by atoms with Crippen LogP contribution in [0.2, 0.25) is 0 Å². The van der Waals surface area contributed by atoms with Crippen molar-refractivity contribution in [3.8, 4) is 11.1 Å². The zero-order valence-electron chi connectivity index (χ0n) is 24.8. The number of nitrogens with one attached hydrogen (secondary N) is 1. The van der Waals surface area contributed by atoms with Gasteiger partial charge in [-0.1, -0.05) is 64.5 Å². The molecule has 0 saturated carbocycles. The summed E-state index contributed by atoms with van der Waals surface area (Å²) in [5.74, 6) is 0.477. The van der Waals surface area contributed by atoms with Crippen molar-refractivity contribution < 1.29 is 14.3 Å². The number of benzene rings is 3. The molecule has 0 radical (unpaired) electrons. The summed E-state index contributed by atoms with van der Waals surface area (Å²) in [6, 6.07) is 25.0. The van der Waals surface area contributed by atoms with Crippen LogP contribution in [0.5, 0.6) is 0 Å². The molecule has 1 fully saturated rings. The summed E-state index contributed by atoms with van der Waals surface area (Å²) < 4.78 is 6.48. The number of likely N-dealkylation sites (tertiary alicyclic amines) is 1. The summed E-state index contributed by atoms with van der Waals surface area (Å²) in [5.41, 5.74) is 5.37. The number of ether oxygens (including phenoxy) is 1. The van der Waals surface area contributed by atoms with Crippen LogP contribution in [-0.2, 0) is 16.0 Å². The van der Waals surface area contributed by atoms with Gasteiger partial charge in [0.15, 0.2) is 0 Å². The number of hydrogen-bond acceptors (Lipinski definition) is 4. The van der Waals surface area contributed by atoms with Crippen LogP contribution in [0.3, 0.4) is 0 Å². The zero-order chi connectivity index (χ0) is 29.6. The molecule has 41 heavy (non-hydrogen) atoms. The molecule has 0 bridgehead atoms. The number of alkyl carbamates (subject to hydrolysis) is 1. The van der Waals surface area contributed by atoms with Crippen molar-refractivity contribution in [3.05, 3.63) is 88.4 Å². The van der Waals surface area contributed by atoms with Crippen LogP contribution in [0.15, 0.2) is 77.3 Å². The first kappa shape index (κ1) is 30.6. The van der Waals surface area contributed by atoms with Crippen LogP contribution in [0.4, 0.5) is 10.5 Å². The van der Waals surface area contributed by atoms with E-state index in [0.717, 1.165) is 22.9 Å². The Bertz CT molecular complexity index is 1330. The maximum Gasteiger partial charge on any atom is 0.407 e. The lowest BCUT2D eigenvalue weighted by Crippen LogP contribution is -2.45. The van der Waals surface area contributed by atoms with Crippen molar-refractivity contribution in [1.29, 1.82) is 0 Å². The Morgan fingerprint density at radius 1 is 0.976 bits per heavy atom. The molecule has 1 unspecified atom stereocenters. The molecule has 1 aliphatic rings. The minimum Gasteiger partial charge on any atom is -0.444 e. The lowest BCUT2D eigenvalue weighted by Gasteiger charge is -2.33. The second-order valence-corrected chi connectivity index (χ2v) is 13.0. The topological polar surface area (TPSA) is 61.9 Å². The summed E-state index contributed by atoms with van der Waals surface area (Å²) in [6.45, 7) is 6.93. The maximum atomic E-state index is 13.4. The molecule has 6 nitrogen and oxygen atoms in total. The molecular weight excluding hydrogens is 578 g/mol. The van der Waals surface area contributed by atoms with Crippen molar-refractivity contribution in [2.45, 2.75) is 64.0 Å². The van der Waals surface area contributed by atoms with E-state index in [2.05, 4.69) is 88.8 Å². The summed E-state index contributed by atoms with van der Waals surface area (Å²) in [5, 5.41) is 2.95. The Morgan fingerprint density at radius 2 is 1.61 bits per heavy atom. The Morgan fingerprint density at radius 3 is 2.24 bits per heavy atom. The number of carbonyl (C=O) groups excluding carboxylic acids is 2. The average Bonchev–Trinajstić information content (AvgIpc) is 2.93. The first-order chi connectivity index (χ1) is 19.5. The quantitative estimate of drug-likeness (QED) is 0.285. The van der Waals surface area contributed by atoms with Gasteiger partial charge in [-0.05, 0) is 92.5 Å². The number of rotatable bonds is 8. The van der Waals surface area contributed by atoms with Crippen molar-refractivity contribution in [3.63, 3.8) is 0 Å². The number of piperidine rings is 1. The predicted molar refractivity (Wildman–Crippen MR) is 170 cm³/mol. The van der Waals surface area contributed by atoms with Crippen LogP contribution in [0.25, 0.3) is 11.1 Å². The van der Waals surface area contributed by atoms with Gasteiger partial charge in [0.25, 0.3) is 0 Å². The van der Waals surface area contributed by atoms with Crippen LogP contribution < -0.4 is 10.2 Å². The number of nitrogens with zero attached hydrogens (tertiary/aromatic N) is 2. The molecule has 7 heteroatoms. The van der Waals surface area contributed by atoms with Crippen LogP contribution in [0, 0.1) is 0 Å². The third kappa shape index (κ3) is 9.09. The summed E-state index contributed by atoms with van der Waals surface area (Å²) in [6.07, 6.45) is 2.13. The fourth-order valence-corrected chi connectivity index (χ4v) is 5.56. The number of carbonyl (C=O) groups is 2. The highest BCUT2D eigenvalue weighted by atomic mass is 79.9. The van der Waals surface area contributed by atoms with E-state index < -0.39 is 11.7 Å². The monoisotopic (exact) mass is 619 g/mol. The van der Waals surface area contributed by atoms with E-state index in [-0.39, 0.29) is 18.4 Å². The molecule has 4 rings (SSSR count). The highest BCUT2D eigenvalue weighted by Crippen LogP contribution is 2.32. The van der Waals surface area contributed by atoms with Gasteiger partial charge in [-0.25, -0.2) is 4.79 Å². The number of amides is 2. The zero-order valence-corrected chi connectivity index (χ0v) is 26.4. The standard InChI is InChI=1S/C34H42BrN3O3/c1-34(2,3)41-33(40)36-30(20-24-12-14-29(35)15-13-24)23-32(39)38-18-16-25(17-19-38)26-8-6-9-27(21-26)28-10-7-11-31(22-28)37(4)5/h6-15,21-22,25,30H,16-20,23H2,1-5H3,(H,36,40). The van der Waals surface area contributed by atoms with E-state index in [0.29, 0.717) is 25.4 Å². The minimum absolute atomic E-state index is 0.0656. The van der Waals surface area contributed by atoms with Gasteiger partial charge in [0.2, 0.25) is 5.91 Å². The molecular formula is C34H42BrN3O3. The number of halogens is 1. The average molecular weight is 621 g/mol. The van der Waals surface area contributed by atoms with Crippen molar-refractivity contribution in [1.82, 2.24) is 10.2 Å². The second-order valence-electron chi connectivity index (χ2n) is 12.1. The maximum absolute atomic E-state index is 13.4. The second kappa shape index (κ2) is 13.6. The smallest absolute Gasteiger partial charge is 0.407 e. The van der Waals surface area contributed by atoms with Gasteiger partial charge in [0.05, 0.1) is 0 Å². The Labute approximate surface area is 253 Å². The molecule has 1 N–H and O–H groups in total. The molecule has 1 aliphatic heterocycles. The van der Waals surface area contributed by atoms with Gasteiger partial charge in [-0.15, -0.1) is 0 Å². The fraction of sp³-hybridized carbons (Fsp3) is 0.412. The molecule has 3 aromatic rings. The van der Waals surface area contributed by atoms with Gasteiger partial charge in [-0.2, -0.15) is 0 Å². The van der Waals surface area contributed by atoms with Gasteiger partial charge in [0, 0.05) is 49.8 Å². The lowest BCUT2D eigenvalue weighted by molar-refractivity contribution is -0.132. The third-order valence-electron chi connectivity index (χ3n) is 7.44. The van der Waals surface area contributed by atoms with Crippen molar-refractivity contribution in [2.24, 2.45) is 0 Å². The van der Waals surface area contributed by atoms with E-state index in [1.807, 2.05) is 49.9 Å². The highest BCUT2D eigenvalue weighted by Gasteiger charge is 2.27. The normalized spacial score (nSPS) is 14.8. The highest BCUT2D eigenvalue weighted by molar-refractivity contribution is 9.10. The Balaban J connectivity index is 1.38. The Kier molecular flexibility index (Phi) is 10.1. The van der Waals surface area contributed by atoms with Gasteiger partial charge >= 0.3 is 6.09 Å². The molecule has 1 saturated heterocycles. The van der Waals surface area contributed by atoms with E-state index in [1.165, 1.54) is 22.4 Å². The van der Waals surface area contributed by atoms with E-state index in [1.54, 1.807) is 0 Å². The molecule has 0 aromatic heterocycles. The first-order valence-electron chi connectivity index (χ1n) is 14.4. The minimum atomic E-state index is -0.607. The van der Waals surface area contributed by atoms with Crippen LogP contribution in [0.1, 0.15) is 57.1 Å². The van der Waals surface area contributed by atoms with Gasteiger partial charge in [-0.3, -0.25) is 4.79 Å². The first-order valence-corrected chi connectivity index (χ1v) is 15.2. The third-order valence-corrected chi connectivity index (χ3v) is 7.97. The van der Waals surface area contributed by atoms with Crippen LogP contribution >= 0.6 is 15.9 Å². The van der Waals surface area contributed by atoms with Gasteiger partial charge in [0.1, 0.15) is 5.60 Å². The lowest BCUT2D eigenvalue weighted by atomic mass is 9.87. The molecule has 0 spiro atoms. The summed E-state index contributed by atoms with van der Waals surface area (Å²) in [7, 11) is 4.11. The van der Waals surface area contributed by atoms with E-state index in [4.69, 9.17) is 4.74 Å². The van der Waals surface area contributed by atoms with Crippen molar-refractivity contribution in [2.75, 3.05) is 32.1 Å². The summed E-state index contributed by atoms with van der Waals surface area (Å²) in [4.78, 5) is 30.1. The molecule has 218 valence electrons. The fourth-order valence-electron chi connectivity index (χ4n) is 5.29. The molecule has 3 aromatic carbocycles. The Hall–Kier alpha value is -3.32. The molecule has 1 heterocycles. The number of anilines is 1. The van der Waals surface area contributed by atoms with E-state index in [9.17, 15) is 9.59 Å². The van der Waals surface area contributed by atoms with E-state index >= 15 is 0 Å². The molecule has 1 atom stereocenters. The van der Waals surface area contributed by atoms with Gasteiger partial charge < -0.3 is 19.9 Å². The predicted octanol–water partition coefficient (Wildman–Crippen LogP) is 7.41. The molecule has 0 aliphatic carbocycles. The van der Waals surface area contributed by atoms with Crippen molar-refractivity contribution >= 4 is 33.6 Å².